The highest BCUT2D eigenvalue weighted by Gasteiger charge is 2.48. The number of aliphatic hydroxyl groups is 1. The zero-order valence-corrected chi connectivity index (χ0v) is 16.9. The van der Waals surface area contributed by atoms with Gasteiger partial charge in [-0.2, -0.15) is 5.10 Å². The van der Waals surface area contributed by atoms with Crippen molar-refractivity contribution < 1.29 is 14.7 Å². The molecule has 3 aliphatic carbocycles. The summed E-state index contributed by atoms with van der Waals surface area (Å²) in [5, 5.41) is 18.0. The number of benzene rings is 1. The second kappa shape index (κ2) is 6.74. The van der Waals surface area contributed by atoms with Gasteiger partial charge in [0.25, 0.3) is 5.91 Å². The van der Waals surface area contributed by atoms with Crippen molar-refractivity contribution in [2.75, 3.05) is 0 Å². The van der Waals surface area contributed by atoms with Gasteiger partial charge in [0.1, 0.15) is 5.56 Å². The number of nitrogens with zero attached hydrogens (tertiary/aromatic N) is 3. The second-order valence-corrected chi connectivity index (χ2v) is 8.76. The quantitative estimate of drug-likeness (QED) is 0.651. The van der Waals surface area contributed by atoms with Crippen molar-refractivity contribution in [2.45, 2.75) is 56.6 Å². The first kappa shape index (κ1) is 18.9. The molecule has 3 fully saturated rings. The van der Waals surface area contributed by atoms with Gasteiger partial charge in [0.2, 0.25) is 0 Å². The Morgan fingerprint density at radius 2 is 1.67 bits per heavy atom. The maximum atomic E-state index is 13.0. The van der Waals surface area contributed by atoms with Crippen molar-refractivity contribution in [2.24, 2.45) is 0 Å². The molecule has 0 aliphatic heterocycles. The van der Waals surface area contributed by atoms with Gasteiger partial charge >= 0.3 is 0 Å². The Morgan fingerprint density at radius 3 is 2.30 bits per heavy atom. The van der Waals surface area contributed by atoms with Crippen LogP contribution in [0.3, 0.4) is 0 Å². The topological polar surface area (TPSA) is 96.6 Å². The van der Waals surface area contributed by atoms with Crippen LogP contribution < -0.4 is 5.32 Å². The Hall–Kier alpha value is -3.06. The summed E-state index contributed by atoms with van der Waals surface area (Å²) in [5.41, 5.74) is 2.64. The number of carbonyl (C=O) groups excluding carboxylic acids is 2. The van der Waals surface area contributed by atoms with E-state index in [1.165, 1.54) is 0 Å². The summed E-state index contributed by atoms with van der Waals surface area (Å²) in [4.78, 5) is 29.0. The molecule has 154 valence electrons. The summed E-state index contributed by atoms with van der Waals surface area (Å²) < 4.78 is 1.61. The maximum absolute atomic E-state index is 13.0. The monoisotopic (exact) mass is 404 g/mol. The van der Waals surface area contributed by atoms with E-state index in [-0.39, 0.29) is 17.2 Å². The van der Waals surface area contributed by atoms with Gasteiger partial charge in [-0.1, -0.05) is 24.3 Å². The number of Topliss-reactive ketones (excluding diaryl/α,β-unsaturated/α-hetero) is 1. The number of hydrogen-bond donors (Lipinski definition) is 2. The molecule has 3 aliphatic rings. The van der Waals surface area contributed by atoms with Crippen LogP contribution in [-0.4, -0.2) is 42.5 Å². The number of ketones is 1. The van der Waals surface area contributed by atoms with Crippen molar-refractivity contribution >= 4 is 17.3 Å². The van der Waals surface area contributed by atoms with E-state index in [1.54, 1.807) is 36.0 Å². The molecular formula is C23H24N4O3. The molecule has 2 aromatic heterocycles. The molecule has 6 rings (SSSR count). The van der Waals surface area contributed by atoms with E-state index in [4.69, 9.17) is 0 Å². The van der Waals surface area contributed by atoms with Crippen LogP contribution in [0.15, 0.2) is 42.9 Å². The number of carbonyl (C=O) groups is 2. The number of hydrogen-bond acceptors (Lipinski definition) is 5. The molecule has 1 amide bonds. The van der Waals surface area contributed by atoms with Crippen LogP contribution in [0.25, 0.3) is 16.8 Å². The van der Waals surface area contributed by atoms with Gasteiger partial charge in [-0.25, -0.2) is 9.50 Å². The molecule has 2 bridgehead atoms. The molecule has 0 spiro atoms. The fourth-order valence-corrected chi connectivity index (χ4v) is 4.74. The predicted octanol–water partition coefficient (Wildman–Crippen LogP) is 3.17. The number of nitrogens with one attached hydrogen (secondary N) is 1. The first-order valence-electron chi connectivity index (χ1n) is 10.4. The second-order valence-electron chi connectivity index (χ2n) is 8.76. The van der Waals surface area contributed by atoms with Crippen molar-refractivity contribution in [3.05, 3.63) is 54.0 Å². The van der Waals surface area contributed by atoms with E-state index in [1.807, 2.05) is 18.3 Å². The van der Waals surface area contributed by atoms with Crippen LogP contribution in [-0.2, 0) is 0 Å². The molecule has 2 heterocycles. The Balaban J connectivity index is 1.39. The van der Waals surface area contributed by atoms with E-state index < -0.39 is 5.60 Å². The smallest absolute Gasteiger partial charge is 0.257 e. The van der Waals surface area contributed by atoms with Crippen molar-refractivity contribution in [3.8, 4) is 11.1 Å². The summed E-state index contributed by atoms with van der Waals surface area (Å²) in [5.74, 6) is -0.138. The number of amides is 1. The Kier molecular flexibility index (Phi) is 4.25. The fraction of sp³-hybridized carbons (Fsp3) is 0.391. The summed E-state index contributed by atoms with van der Waals surface area (Å²) in [7, 11) is 0. The van der Waals surface area contributed by atoms with Crippen LogP contribution in [0.4, 0.5) is 0 Å². The standard InChI is InChI=1S/C23H24N4O3/c1-15(28)16-2-4-17(5-3-16)18-12-24-20-19(13-25-27(20)14-18)21(29)26-22-6-9-23(30,10-7-22)11-8-22/h2-5,12-14,30H,6-11H2,1H3,(H,26,29). The highest BCUT2D eigenvalue weighted by Crippen LogP contribution is 2.46. The maximum Gasteiger partial charge on any atom is 0.257 e. The van der Waals surface area contributed by atoms with Crippen molar-refractivity contribution in [1.82, 2.24) is 19.9 Å². The number of aromatic nitrogens is 3. The lowest BCUT2D eigenvalue weighted by Crippen LogP contribution is -2.58. The van der Waals surface area contributed by atoms with Gasteiger partial charge in [-0.3, -0.25) is 9.59 Å². The first-order chi connectivity index (χ1) is 14.4. The molecule has 7 heteroatoms. The molecule has 0 unspecified atom stereocenters. The fourth-order valence-electron chi connectivity index (χ4n) is 4.74. The van der Waals surface area contributed by atoms with Gasteiger partial charge in [0.15, 0.2) is 11.4 Å². The van der Waals surface area contributed by atoms with Crippen molar-refractivity contribution in [1.29, 1.82) is 0 Å². The molecule has 3 aromatic rings. The van der Waals surface area contributed by atoms with Crippen LogP contribution in [0.2, 0.25) is 0 Å². The summed E-state index contributed by atoms with van der Waals surface area (Å²) >= 11 is 0. The van der Waals surface area contributed by atoms with Gasteiger partial charge in [-0.15, -0.1) is 0 Å². The van der Waals surface area contributed by atoms with Crippen molar-refractivity contribution in [3.63, 3.8) is 0 Å². The molecule has 0 radical (unpaired) electrons. The van der Waals surface area contributed by atoms with Crippen LogP contribution in [0.1, 0.15) is 66.2 Å². The molecule has 3 saturated carbocycles. The zero-order chi connectivity index (χ0) is 20.9. The molecule has 7 nitrogen and oxygen atoms in total. The lowest BCUT2D eigenvalue weighted by atomic mass is 9.63. The molecule has 0 atom stereocenters. The predicted molar refractivity (Wildman–Crippen MR) is 111 cm³/mol. The minimum Gasteiger partial charge on any atom is -0.390 e. The van der Waals surface area contributed by atoms with Gasteiger partial charge in [0.05, 0.1) is 11.8 Å². The molecule has 1 aromatic carbocycles. The Labute approximate surface area is 174 Å². The zero-order valence-electron chi connectivity index (χ0n) is 16.9. The summed E-state index contributed by atoms with van der Waals surface area (Å²) in [6.07, 6.45) is 9.76. The minimum atomic E-state index is -0.530. The lowest BCUT2D eigenvalue weighted by molar-refractivity contribution is -0.0702. The van der Waals surface area contributed by atoms with E-state index in [0.717, 1.165) is 49.7 Å². The van der Waals surface area contributed by atoms with Gasteiger partial charge < -0.3 is 10.4 Å². The average Bonchev–Trinajstić information content (AvgIpc) is 3.18. The molecule has 30 heavy (non-hydrogen) atoms. The van der Waals surface area contributed by atoms with Crippen LogP contribution >= 0.6 is 0 Å². The normalized spacial score (nSPS) is 25.4. The van der Waals surface area contributed by atoms with Crippen LogP contribution in [0, 0.1) is 0 Å². The third kappa shape index (κ3) is 3.19. The largest absolute Gasteiger partial charge is 0.390 e. The highest BCUT2D eigenvalue weighted by atomic mass is 16.3. The first-order valence-corrected chi connectivity index (χ1v) is 10.4. The number of fused-ring (bicyclic) bond motifs is 4. The van der Waals surface area contributed by atoms with E-state index in [2.05, 4.69) is 15.4 Å². The van der Waals surface area contributed by atoms with Gasteiger partial charge in [-0.05, 0) is 51.0 Å². The Morgan fingerprint density at radius 1 is 1.00 bits per heavy atom. The van der Waals surface area contributed by atoms with E-state index in [9.17, 15) is 14.7 Å². The average molecular weight is 404 g/mol. The Bertz CT molecular complexity index is 1120. The molecular weight excluding hydrogens is 380 g/mol. The highest BCUT2D eigenvalue weighted by molar-refractivity contribution is 6.00. The molecule has 0 saturated heterocycles. The SMILES string of the molecule is CC(=O)c1ccc(-c2cnc3c(C(=O)NC45CCC(O)(CC4)CC5)cnn3c2)cc1. The van der Waals surface area contributed by atoms with E-state index >= 15 is 0 Å². The summed E-state index contributed by atoms with van der Waals surface area (Å²) in [6, 6.07) is 7.34. The molecule has 2 N–H and O–H groups in total. The third-order valence-corrected chi connectivity index (χ3v) is 6.81. The third-order valence-electron chi connectivity index (χ3n) is 6.81. The summed E-state index contributed by atoms with van der Waals surface area (Å²) in [6.45, 7) is 1.54. The van der Waals surface area contributed by atoms with Crippen LogP contribution in [0.5, 0.6) is 0 Å². The minimum absolute atomic E-state index is 0.0259. The van der Waals surface area contributed by atoms with Gasteiger partial charge in [0, 0.05) is 29.1 Å². The lowest BCUT2D eigenvalue weighted by Gasteiger charge is -2.51. The van der Waals surface area contributed by atoms with E-state index in [0.29, 0.717) is 16.8 Å². The number of rotatable bonds is 4.